The van der Waals surface area contributed by atoms with Crippen LogP contribution < -0.4 is 23.8 Å². The fourth-order valence-corrected chi connectivity index (χ4v) is 9.08. The number of fused-ring (bicyclic) bond motifs is 2. The van der Waals surface area contributed by atoms with Gasteiger partial charge in [0.1, 0.15) is 13.2 Å². The number of carbonyl (C=O) groups excluding carboxylic acids is 3. The molecule has 62 heavy (non-hydrogen) atoms. The second kappa shape index (κ2) is 23.4. The Balaban J connectivity index is 1.27. The van der Waals surface area contributed by atoms with E-state index in [0.29, 0.717) is 116 Å². The second-order valence-electron chi connectivity index (χ2n) is 14.4. The number of benzene rings is 3. The molecule has 2 saturated heterocycles. The summed E-state index contributed by atoms with van der Waals surface area (Å²) in [5, 5.41) is 0. The van der Waals surface area contributed by atoms with Crippen LogP contribution in [-0.2, 0) is 37.0 Å². The summed E-state index contributed by atoms with van der Waals surface area (Å²) in [6, 6.07) is 12.7. The molecule has 1 atom stereocenters. The molecule has 0 spiro atoms. The molecule has 0 aromatic heterocycles. The highest BCUT2D eigenvalue weighted by molar-refractivity contribution is 7.99. The van der Waals surface area contributed by atoms with Crippen molar-refractivity contribution in [2.24, 2.45) is 9.98 Å². The van der Waals surface area contributed by atoms with Crippen molar-refractivity contribution in [2.75, 3.05) is 109 Å². The van der Waals surface area contributed by atoms with Crippen molar-refractivity contribution in [2.45, 2.75) is 32.1 Å². The van der Waals surface area contributed by atoms with Crippen LogP contribution in [0, 0.1) is 0 Å². The molecule has 0 bridgehead atoms. The number of hydrogen-bond acceptors (Lipinski definition) is 16. The van der Waals surface area contributed by atoms with Crippen molar-refractivity contribution in [1.29, 1.82) is 0 Å². The predicted molar refractivity (Wildman–Crippen MR) is 241 cm³/mol. The van der Waals surface area contributed by atoms with Crippen molar-refractivity contribution in [3.63, 3.8) is 0 Å². The number of methoxy groups -OCH3 is 4. The van der Waals surface area contributed by atoms with Crippen molar-refractivity contribution >= 4 is 71.3 Å². The van der Waals surface area contributed by atoms with Gasteiger partial charge in [-0.25, -0.2) is 0 Å². The molecule has 3 aromatic rings. The summed E-state index contributed by atoms with van der Waals surface area (Å²) < 4.78 is 45.8. The standard InChI is InChI=1S/C44H55N5O11S2/c1-45-36-22-40(38(54-3)20-34(36)43(51)48-10-16-61-28-48)59-25-30-17-31(19-32(18-30)47(8-6-7-42(50)56-5)9-11-57-14-15-58-13-12-53-2)26-60-41-23-37-35(21-39(41)55-4)44(52)49-29-62-27-33(49)24-46-37/h17-24,33H,1,6-16,25-29H2,2-5H3/t33-/m1/s1. The minimum Gasteiger partial charge on any atom is -0.493 e. The van der Waals surface area contributed by atoms with E-state index in [1.54, 1.807) is 66.9 Å². The van der Waals surface area contributed by atoms with E-state index in [9.17, 15) is 14.4 Å². The van der Waals surface area contributed by atoms with Gasteiger partial charge in [-0.3, -0.25) is 24.4 Å². The molecular formula is C44H55N5O11S2. The molecule has 0 N–H and O–H groups in total. The maximum Gasteiger partial charge on any atom is 0.305 e. The molecule has 3 aliphatic heterocycles. The summed E-state index contributed by atoms with van der Waals surface area (Å²) in [5.41, 5.74) is 4.23. The van der Waals surface area contributed by atoms with E-state index in [2.05, 4.69) is 21.6 Å². The Kier molecular flexibility index (Phi) is 17.6. The number of hydrogen-bond donors (Lipinski definition) is 0. The van der Waals surface area contributed by atoms with Gasteiger partial charge in [-0.1, -0.05) is 0 Å². The quantitative estimate of drug-likeness (QED) is 0.0585. The number of aliphatic imine (C=N–C) groups is 2. The molecule has 0 saturated carbocycles. The number of amides is 2. The highest BCUT2D eigenvalue weighted by Gasteiger charge is 2.33. The van der Waals surface area contributed by atoms with E-state index in [-0.39, 0.29) is 43.5 Å². The Bertz CT molecular complexity index is 2070. The van der Waals surface area contributed by atoms with Crippen LogP contribution in [0.25, 0.3) is 0 Å². The highest BCUT2D eigenvalue weighted by atomic mass is 32.2. The van der Waals surface area contributed by atoms with E-state index < -0.39 is 0 Å². The first-order valence-corrected chi connectivity index (χ1v) is 22.6. The predicted octanol–water partition coefficient (Wildman–Crippen LogP) is 6.01. The normalized spacial score (nSPS) is 15.5. The lowest BCUT2D eigenvalue weighted by molar-refractivity contribution is -0.140. The Morgan fingerprint density at radius 2 is 1.55 bits per heavy atom. The minimum atomic E-state index is -0.292. The van der Waals surface area contributed by atoms with E-state index in [1.807, 2.05) is 29.3 Å². The lowest BCUT2D eigenvalue weighted by Crippen LogP contribution is -2.36. The first-order valence-electron chi connectivity index (χ1n) is 20.3. The fourth-order valence-electron chi connectivity index (χ4n) is 7.02. The number of thioether (sulfide) groups is 2. The zero-order valence-corrected chi connectivity index (χ0v) is 37.4. The third kappa shape index (κ3) is 12.1. The molecule has 2 amide bonds. The smallest absolute Gasteiger partial charge is 0.305 e. The van der Waals surface area contributed by atoms with E-state index >= 15 is 0 Å². The average Bonchev–Trinajstić information content (AvgIpc) is 4.00. The number of ether oxygens (including phenoxy) is 8. The van der Waals surface area contributed by atoms with Gasteiger partial charge in [-0.05, 0) is 54.6 Å². The molecule has 6 rings (SSSR count). The molecule has 18 heteroatoms. The zero-order chi connectivity index (χ0) is 43.8. The third-order valence-corrected chi connectivity index (χ3v) is 12.3. The van der Waals surface area contributed by atoms with Gasteiger partial charge in [-0.15, -0.1) is 23.5 Å². The van der Waals surface area contributed by atoms with Crippen LogP contribution in [0.3, 0.4) is 0 Å². The van der Waals surface area contributed by atoms with Gasteiger partial charge < -0.3 is 52.6 Å². The second-order valence-corrected chi connectivity index (χ2v) is 16.5. The molecule has 0 radical (unpaired) electrons. The van der Waals surface area contributed by atoms with E-state index in [1.165, 1.54) is 14.2 Å². The summed E-state index contributed by atoms with van der Waals surface area (Å²) in [6.45, 7) is 7.90. The van der Waals surface area contributed by atoms with Crippen LogP contribution >= 0.6 is 23.5 Å². The minimum absolute atomic E-state index is 0.0667. The molecule has 334 valence electrons. The van der Waals surface area contributed by atoms with Crippen LogP contribution in [0.15, 0.2) is 52.4 Å². The lowest BCUT2D eigenvalue weighted by Gasteiger charge is -2.26. The van der Waals surface area contributed by atoms with Gasteiger partial charge in [0.05, 0.1) is 94.7 Å². The van der Waals surface area contributed by atoms with E-state index in [4.69, 9.17) is 37.9 Å². The zero-order valence-electron chi connectivity index (χ0n) is 35.8. The summed E-state index contributed by atoms with van der Waals surface area (Å²) >= 11 is 3.40. The van der Waals surface area contributed by atoms with Crippen LogP contribution in [0.5, 0.6) is 23.0 Å². The first kappa shape index (κ1) is 46.5. The molecule has 3 aromatic carbocycles. The van der Waals surface area contributed by atoms with Gasteiger partial charge >= 0.3 is 5.97 Å². The third-order valence-electron chi connectivity index (χ3n) is 10.3. The SMILES string of the molecule is C=Nc1cc(OCc2cc(COc3cc4c(cc3OC)C(=O)N3CSC[C@H]3C=N4)cc(N(CCCC(=O)OC)CCOCCOCCOC)c2)c(OC)cc1C(=O)N1CCSC1. The maximum atomic E-state index is 13.5. The van der Waals surface area contributed by atoms with Crippen LogP contribution in [-0.4, -0.2) is 151 Å². The Hall–Kier alpha value is -5.01. The summed E-state index contributed by atoms with van der Waals surface area (Å²) in [7, 11) is 6.08. The van der Waals surface area contributed by atoms with E-state index in [0.717, 1.165) is 28.3 Å². The van der Waals surface area contributed by atoms with Crippen molar-refractivity contribution in [3.05, 3.63) is 64.7 Å². The highest BCUT2D eigenvalue weighted by Crippen LogP contribution is 2.40. The number of carbonyl (C=O) groups is 3. The largest absolute Gasteiger partial charge is 0.493 e. The van der Waals surface area contributed by atoms with Gasteiger partial charge in [0.15, 0.2) is 23.0 Å². The van der Waals surface area contributed by atoms with Gasteiger partial charge in [0.2, 0.25) is 0 Å². The summed E-state index contributed by atoms with van der Waals surface area (Å²) in [4.78, 5) is 53.6. The topological polar surface area (TPSA) is 159 Å². The average molecular weight is 894 g/mol. The number of rotatable bonds is 24. The monoisotopic (exact) mass is 893 g/mol. The fraction of sp³-hybridized carbons (Fsp3) is 0.477. The molecule has 3 aliphatic rings. The Labute approximate surface area is 371 Å². The van der Waals surface area contributed by atoms with Crippen molar-refractivity contribution < 1.29 is 52.3 Å². The molecule has 0 aliphatic carbocycles. The molecule has 3 heterocycles. The van der Waals surface area contributed by atoms with Crippen LogP contribution in [0.2, 0.25) is 0 Å². The molecule has 16 nitrogen and oxygen atoms in total. The molecule has 0 unspecified atom stereocenters. The summed E-state index contributed by atoms with van der Waals surface area (Å²) in [5.74, 6) is 3.99. The Morgan fingerprint density at radius 3 is 2.23 bits per heavy atom. The number of esters is 1. The maximum absolute atomic E-state index is 13.5. The van der Waals surface area contributed by atoms with Gasteiger partial charge in [0.25, 0.3) is 11.8 Å². The first-order chi connectivity index (χ1) is 30.3. The summed E-state index contributed by atoms with van der Waals surface area (Å²) in [6.07, 6.45) is 2.61. The van der Waals surface area contributed by atoms with Crippen molar-refractivity contribution in [1.82, 2.24) is 9.80 Å². The van der Waals surface area contributed by atoms with Gasteiger partial charge in [-0.2, -0.15) is 0 Å². The van der Waals surface area contributed by atoms with Crippen LogP contribution in [0.4, 0.5) is 17.1 Å². The van der Waals surface area contributed by atoms with Crippen LogP contribution in [0.1, 0.15) is 44.7 Å². The van der Waals surface area contributed by atoms with Crippen molar-refractivity contribution in [3.8, 4) is 23.0 Å². The number of anilines is 1. The Morgan fingerprint density at radius 1 is 0.839 bits per heavy atom. The molecular weight excluding hydrogens is 839 g/mol. The lowest BCUT2D eigenvalue weighted by atomic mass is 10.1. The molecule has 2 fully saturated rings. The van der Waals surface area contributed by atoms with Gasteiger partial charge in [0, 0.05) is 68.7 Å². The number of nitrogens with zero attached hydrogens (tertiary/aromatic N) is 5.